The molecule has 96 valence electrons. The fourth-order valence-electron chi connectivity index (χ4n) is 2.11. The van der Waals surface area contributed by atoms with Gasteiger partial charge in [0.05, 0.1) is 17.1 Å². The predicted molar refractivity (Wildman–Crippen MR) is 68.9 cm³/mol. The van der Waals surface area contributed by atoms with Crippen molar-refractivity contribution in [1.82, 2.24) is 4.98 Å². The van der Waals surface area contributed by atoms with E-state index >= 15 is 0 Å². The monoisotopic (exact) mass is 265 g/mol. The van der Waals surface area contributed by atoms with E-state index in [1.807, 2.05) is 6.92 Å². The number of aromatic nitrogens is 1. The van der Waals surface area contributed by atoms with Crippen molar-refractivity contribution in [1.29, 1.82) is 5.26 Å². The summed E-state index contributed by atoms with van der Waals surface area (Å²) in [6, 6.07) is 3.89. The first-order valence-corrected chi connectivity index (χ1v) is 7.64. The van der Waals surface area contributed by atoms with Gasteiger partial charge in [-0.15, -0.1) is 0 Å². The van der Waals surface area contributed by atoms with Crippen molar-refractivity contribution < 1.29 is 8.42 Å². The van der Waals surface area contributed by atoms with E-state index in [0.29, 0.717) is 24.3 Å². The average molecular weight is 265 g/mol. The highest BCUT2D eigenvalue weighted by Gasteiger charge is 2.27. The van der Waals surface area contributed by atoms with Gasteiger partial charge in [0.25, 0.3) is 0 Å². The lowest BCUT2D eigenvalue weighted by Crippen LogP contribution is -2.17. The Hall–Kier alpha value is -1.61. The molecule has 6 heteroatoms. The lowest BCUT2D eigenvalue weighted by molar-refractivity contribution is 0.595. The van der Waals surface area contributed by atoms with Gasteiger partial charge in [0.15, 0.2) is 9.84 Å². The molecule has 2 rings (SSSR count). The van der Waals surface area contributed by atoms with Crippen LogP contribution in [0.3, 0.4) is 0 Å². The largest absolute Gasteiger partial charge is 0.369 e. The van der Waals surface area contributed by atoms with E-state index in [4.69, 9.17) is 5.26 Å². The van der Waals surface area contributed by atoms with Gasteiger partial charge in [-0.25, -0.2) is 13.4 Å². The second kappa shape index (κ2) is 4.94. The van der Waals surface area contributed by atoms with E-state index in [0.717, 1.165) is 5.56 Å². The van der Waals surface area contributed by atoms with Crippen LogP contribution < -0.4 is 5.32 Å². The number of anilines is 1. The first-order valence-electron chi connectivity index (χ1n) is 5.82. The van der Waals surface area contributed by atoms with Crippen molar-refractivity contribution in [3.63, 3.8) is 0 Å². The molecular weight excluding hydrogens is 250 g/mol. The standard InChI is InChI=1S/C12H15N3O2S/c1-9-2-4-14-12(11(9)6-13)15-7-10-3-5-18(16,17)8-10/h2,4,10H,3,5,7-8H2,1H3,(H,14,15). The smallest absolute Gasteiger partial charge is 0.150 e. The summed E-state index contributed by atoms with van der Waals surface area (Å²) in [5.41, 5.74) is 1.40. The molecule has 1 unspecified atom stereocenters. The Morgan fingerprint density at radius 1 is 1.61 bits per heavy atom. The second-order valence-electron chi connectivity index (χ2n) is 4.61. The zero-order valence-corrected chi connectivity index (χ0v) is 11.0. The Morgan fingerprint density at radius 2 is 2.39 bits per heavy atom. The molecule has 0 spiro atoms. The van der Waals surface area contributed by atoms with Crippen molar-refractivity contribution in [3.05, 3.63) is 23.4 Å². The van der Waals surface area contributed by atoms with Crippen LogP contribution >= 0.6 is 0 Å². The van der Waals surface area contributed by atoms with Crippen LogP contribution in [0.2, 0.25) is 0 Å². The molecule has 0 aromatic carbocycles. The normalized spacial score (nSPS) is 21.4. The maximum atomic E-state index is 11.3. The van der Waals surface area contributed by atoms with E-state index in [1.54, 1.807) is 12.3 Å². The number of nitriles is 1. The Morgan fingerprint density at radius 3 is 3.00 bits per heavy atom. The zero-order chi connectivity index (χ0) is 13.2. The fraction of sp³-hybridized carbons (Fsp3) is 0.500. The molecule has 0 saturated carbocycles. The number of hydrogen-bond acceptors (Lipinski definition) is 5. The van der Waals surface area contributed by atoms with Crippen LogP contribution in [-0.2, 0) is 9.84 Å². The van der Waals surface area contributed by atoms with Crippen LogP contribution in [0.4, 0.5) is 5.82 Å². The predicted octanol–water partition coefficient (Wildman–Crippen LogP) is 1.11. The third kappa shape index (κ3) is 2.79. The average Bonchev–Trinajstić information content (AvgIpc) is 2.66. The lowest BCUT2D eigenvalue weighted by Gasteiger charge is -2.11. The number of nitrogens with zero attached hydrogens (tertiary/aromatic N) is 2. The molecule has 0 bridgehead atoms. The minimum Gasteiger partial charge on any atom is -0.369 e. The Balaban J connectivity index is 2.04. The quantitative estimate of drug-likeness (QED) is 0.885. The van der Waals surface area contributed by atoms with Crippen molar-refractivity contribution in [2.75, 3.05) is 23.4 Å². The van der Waals surface area contributed by atoms with Crippen molar-refractivity contribution in [2.24, 2.45) is 5.92 Å². The first-order chi connectivity index (χ1) is 8.52. The van der Waals surface area contributed by atoms with Crippen LogP contribution in [0, 0.1) is 24.2 Å². The summed E-state index contributed by atoms with van der Waals surface area (Å²) in [7, 11) is -2.85. The molecule has 18 heavy (non-hydrogen) atoms. The highest BCUT2D eigenvalue weighted by molar-refractivity contribution is 7.91. The van der Waals surface area contributed by atoms with E-state index in [9.17, 15) is 8.42 Å². The van der Waals surface area contributed by atoms with Crippen LogP contribution in [0.1, 0.15) is 17.5 Å². The second-order valence-corrected chi connectivity index (χ2v) is 6.84. The zero-order valence-electron chi connectivity index (χ0n) is 10.2. The number of nitrogens with one attached hydrogen (secondary N) is 1. The Labute approximate surface area is 107 Å². The van der Waals surface area contributed by atoms with Gasteiger partial charge in [0.2, 0.25) is 0 Å². The highest BCUT2D eigenvalue weighted by atomic mass is 32.2. The summed E-state index contributed by atoms with van der Waals surface area (Å²) in [4.78, 5) is 4.12. The maximum Gasteiger partial charge on any atom is 0.150 e. The van der Waals surface area contributed by atoms with Crippen LogP contribution in [0.5, 0.6) is 0 Å². The third-order valence-corrected chi connectivity index (χ3v) is 4.99. The number of aryl methyl sites for hydroxylation is 1. The van der Waals surface area contributed by atoms with E-state index in [2.05, 4.69) is 16.4 Å². The summed E-state index contributed by atoms with van der Waals surface area (Å²) in [6.45, 7) is 2.40. The summed E-state index contributed by atoms with van der Waals surface area (Å²) in [5, 5.41) is 12.1. The number of rotatable bonds is 3. The van der Waals surface area contributed by atoms with Gasteiger partial charge in [-0.3, -0.25) is 0 Å². The maximum absolute atomic E-state index is 11.3. The SMILES string of the molecule is Cc1ccnc(NCC2CCS(=O)(=O)C2)c1C#N. The number of sulfone groups is 1. The molecule has 1 aromatic heterocycles. The van der Waals surface area contributed by atoms with Gasteiger partial charge in [0, 0.05) is 12.7 Å². The van der Waals surface area contributed by atoms with E-state index in [-0.39, 0.29) is 17.4 Å². The summed E-state index contributed by atoms with van der Waals surface area (Å²) >= 11 is 0. The molecule has 1 aliphatic heterocycles. The summed E-state index contributed by atoms with van der Waals surface area (Å²) in [5.74, 6) is 1.16. The third-order valence-electron chi connectivity index (χ3n) is 3.16. The Bertz CT molecular complexity index is 590. The molecule has 1 atom stereocenters. The van der Waals surface area contributed by atoms with Crippen molar-refractivity contribution >= 4 is 15.7 Å². The Kier molecular flexibility index (Phi) is 3.53. The van der Waals surface area contributed by atoms with Crippen molar-refractivity contribution in [3.8, 4) is 6.07 Å². The van der Waals surface area contributed by atoms with Crippen LogP contribution in [0.15, 0.2) is 12.3 Å². The number of hydrogen-bond donors (Lipinski definition) is 1. The van der Waals surface area contributed by atoms with Crippen molar-refractivity contribution in [2.45, 2.75) is 13.3 Å². The van der Waals surface area contributed by atoms with Gasteiger partial charge in [0.1, 0.15) is 11.9 Å². The fourth-order valence-corrected chi connectivity index (χ4v) is 3.97. The van der Waals surface area contributed by atoms with Gasteiger partial charge in [-0.1, -0.05) is 0 Å². The molecule has 1 saturated heterocycles. The summed E-state index contributed by atoms with van der Waals surface area (Å²) in [6.07, 6.45) is 2.33. The highest BCUT2D eigenvalue weighted by Crippen LogP contribution is 2.20. The molecule has 1 aromatic rings. The van der Waals surface area contributed by atoms with Gasteiger partial charge in [-0.05, 0) is 30.9 Å². The number of pyridine rings is 1. The lowest BCUT2D eigenvalue weighted by atomic mass is 10.1. The van der Waals surface area contributed by atoms with Gasteiger partial charge < -0.3 is 5.32 Å². The van der Waals surface area contributed by atoms with Crippen LogP contribution in [-0.4, -0.2) is 31.5 Å². The summed E-state index contributed by atoms with van der Waals surface area (Å²) < 4.78 is 22.7. The van der Waals surface area contributed by atoms with E-state index < -0.39 is 9.84 Å². The molecule has 0 radical (unpaired) electrons. The molecule has 0 aliphatic carbocycles. The molecule has 5 nitrogen and oxygen atoms in total. The molecule has 0 amide bonds. The molecule has 2 heterocycles. The molecule has 1 aliphatic rings. The van der Waals surface area contributed by atoms with Gasteiger partial charge in [-0.2, -0.15) is 5.26 Å². The first kappa shape index (κ1) is 12.8. The minimum atomic E-state index is -2.85. The molecule has 1 N–H and O–H groups in total. The van der Waals surface area contributed by atoms with Crippen LogP contribution in [0.25, 0.3) is 0 Å². The van der Waals surface area contributed by atoms with Gasteiger partial charge >= 0.3 is 0 Å². The minimum absolute atomic E-state index is 0.115. The van der Waals surface area contributed by atoms with E-state index in [1.165, 1.54) is 0 Å². The topological polar surface area (TPSA) is 82.8 Å². The molecule has 1 fully saturated rings. The molecular formula is C12H15N3O2S.